The van der Waals surface area contributed by atoms with Crippen molar-refractivity contribution in [2.45, 2.75) is 26.7 Å². The number of hydrogen-bond donors (Lipinski definition) is 0. The summed E-state index contributed by atoms with van der Waals surface area (Å²) in [7, 11) is -0.635. The summed E-state index contributed by atoms with van der Waals surface area (Å²) in [6, 6.07) is 0. The number of hydrogen-bond acceptors (Lipinski definition) is 4. The minimum atomic E-state index is -3.21. The first-order valence-corrected chi connectivity index (χ1v) is 6.95. The molecule has 0 bridgehead atoms. The molecule has 1 unspecified atom stereocenters. The second-order valence-corrected chi connectivity index (χ2v) is 6.27. The Kier molecular flexibility index (Phi) is 6.81. The summed E-state index contributed by atoms with van der Waals surface area (Å²) in [5, 5.41) is 0. The summed E-state index contributed by atoms with van der Waals surface area (Å²) in [5.41, 5.74) is 1.04. The average Bonchev–Trinajstić information content (AvgIpc) is 2.25. The largest absolute Gasteiger partial charge is 0.337 e. The van der Waals surface area contributed by atoms with Gasteiger partial charge in [-0.25, -0.2) is 0 Å². The minimum absolute atomic E-state index is 0.0896. The molecular formula is C11H21O4P. The number of carbonyl (C=O) groups excluding carboxylic acids is 1. The Labute approximate surface area is 97.6 Å². The highest BCUT2D eigenvalue weighted by atomic mass is 31.2. The van der Waals surface area contributed by atoms with Gasteiger partial charge in [0.2, 0.25) is 0 Å². The number of rotatable bonds is 8. The van der Waals surface area contributed by atoms with Crippen LogP contribution in [-0.4, -0.2) is 26.2 Å². The molecule has 5 heteroatoms. The third-order valence-electron chi connectivity index (χ3n) is 2.46. The van der Waals surface area contributed by atoms with Gasteiger partial charge in [0, 0.05) is 20.1 Å². The molecule has 0 aromatic heterocycles. The van der Waals surface area contributed by atoms with E-state index in [1.165, 1.54) is 14.2 Å². The lowest BCUT2D eigenvalue weighted by Crippen LogP contribution is -2.16. The zero-order chi connectivity index (χ0) is 12.8. The molecule has 0 fully saturated rings. The second-order valence-electron chi connectivity index (χ2n) is 4.00. The maximum atomic E-state index is 11.7. The standard InChI is InChI=1S/C11H21O4P/c1-9(2)6-7-10(3)11(12)8-16(13,14-4)15-5/h10H,1,6-8H2,2-5H3. The molecule has 94 valence electrons. The van der Waals surface area contributed by atoms with Gasteiger partial charge in [-0.15, -0.1) is 6.58 Å². The molecule has 4 nitrogen and oxygen atoms in total. The van der Waals surface area contributed by atoms with Crippen LogP contribution < -0.4 is 0 Å². The van der Waals surface area contributed by atoms with Crippen molar-refractivity contribution in [1.82, 2.24) is 0 Å². The first-order chi connectivity index (χ1) is 7.34. The predicted octanol–water partition coefficient (Wildman–Crippen LogP) is 3.03. The maximum Gasteiger partial charge on any atom is 0.337 e. The van der Waals surface area contributed by atoms with Gasteiger partial charge in [0.1, 0.15) is 11.9 Å². The van der Waals surface area contributed by atoms with Crippen LogP contribution in [0.3, 0.4) is 0 Å². The quantitative estimate of drug-likeness (QED) is 0.489. The molecule has 0 aromatic carbocycles. The highest BCUT2D eigenvalue weighted by molar-refractivity contribution is 7.54. The molecule has 0 rings (SSSR count). The van der Waals surface area contributed by atoms with Crippen molar-refractivity contribution >= 4 is 13.4 Å². The summed E-state index contributed by atoms with van der Waals surface area (Å²) in [4.78, 5) is 11.7. The molecule has 0 aliphatic carbocycles. The van der Waals surface area contributed by atoms with Crippen molar-refractivity contribution in [2.24, 2.45) is 5.92 Å². The van der Waals surface area contributed by atoms with Crippen LogP contribution in [0.25, 0.3) is 0 Å². The van der Waals surface area contributed by atoms with E-state index in [1.807, 2.05) is 13.8 Å². The molecule has 0 amide bonds. The van der Waals surface area contributed by atoms with E-state index >= 15 is 0 Å². The Morgan fingerprint density at radius 1 is 1.38 bits per heavy atom. The maximum absolute atomic E-state index is 11.7. The van der Waals surface area contributed by atoms with Gasteiger partial charge in [0.05, 0.1) is 0 Å². The molecule has 16 heavy (non-hydrogen) atoms. The first kappa shape index (κ1) is 15.6. The fraction of sp³-hybridized carbons (Fsp3) is 0.727. The van der Waals surface area contributed by atoms with Crippen LogP contribution in [0.15, 0.2) is 12.2 Å². The van der Waals surface area contributed by atoms with Crippen LogP contribution in [0.5, 0.6) is 0 Å². The normalized spacial score (nSPS) is 13.5. The van der Waals surface area contributed by atoms with E-state index < -0.39 is 7.60 Å². The zero-order valence-electron chi connectivity index (χ0n) is 10.5. The Morgan fingerprint density at radius 2 is 1.88 bits per heavy atom. The first-order valence-electron chi connectivity index (χ1n) is 5.22. The molecule has 0 radical (unpaired) electrons. The van der Waals surface area contributed by atoms with Crippen LogP contribution >= 0.6 is 7.60 Å². The number of carbonyl (C=O) groups is 1. The van der Waals surface area contributed by atoms with E-state index in [0.717, 1.165) is 18.4 Å². The van der Waals surface area contributed by atoms with Crippen LogP contribution in [0.1, 0.15) is 26.7 Å². The SMILES string of the molecule is C=C(C)CCC(C)C(=O)CP(=O)(OC)OC. The van der Waals surface area contributed by atoms with Gasteiger partial charge >= 0.3 is 7.60 Å². The summed E-state index contributed by atoms with van der Waals surface area (Å²) in [6.45, 7) is 7.52. The Morgan fingerprint density at radius 3 is 2.25 bits per heavy atom. The fourth-order valence-corrected chi connectivity index (χ4v) is 2.27. The van der Waals surface area contributed by atoms with E-state index in [0.29, 0.717) is 0 Å². The Hall–Kier alpha value is -0.440. The number of Topliss-reactive ketones (excluding diaryl/α,β-unsaturated/α-hetero) is 1. The van der Waals surface area contributed by atoms with E-state index in [9.17, 15) is 9.36 Å². The highest BCUT2D eigenvalue weighted by Gasteiger charge is 2.27. The van der Waals surface area contributed by atoms with Crippen molar-refractivity contribution in [3.05, 3.63) is 12.2 Å². The molecule has 1 atom stereocenters. The molecule has 0 saturated heterocycles. The summed E-state index contributed by atoms with van der Waals surface area (Å²) in [6.07, 6.45) is 1.37. The van der Waals surface area contributed by atoms with Crippen molar-refractivity contribution in [1.29, 1.82) is 0 Å². The van der Waals surface area contributed by atoms with Crippen molar-refractivity contribution in [2.75, 3.05) is 20.4 Å². The predicted molar refractivity (Wildman–Crippen MR) is 64.7 cm³/mol. The molecular weight excluding hydrogens is 227 g/mol. The third kappa shape index (κ3) is 5.59. The monoisotopic (exact) mass is 248 g/mol. The van der Waals surface area contributed by atoms with Crippen molar-refractivity contribution in [3.8, 4) is 0 Å². The zero-order valence-corrected chi connectivity index (χ0v) is 11.4. The lowest BCUT2D eigenvalue weighted by Gasteiger charge is -2.15. The van der Waals surface area contributed by atoms with E-state index in [4.69, 9.17) is 9.05 Å². The molecule has 0 aromatic rings. The van der Waals surface area contributed by atoms with Crippen LogP contribution in [0.2, 0.25) is 0 Å². The molecule has 0 aliphatic rings. The molecule has 0 spiro atoms. The highest BCUT2D eigenvalue weighted by Crippen LogP contribution is 2.46. The smallest absolute Gasteiger partial charge is 0.312 e. The van der Waals surface area contributed by atoms with Gasteiger partial charge in [-0.3, -0.25) is 9.36 Å². The number of allylic oxidation sites excluding steroid dienone is 1. The van der Waals surface area contributed by atoms with Gasteiger partial charge in [0.15, 0.2) is 0 Å². The summed E-state index contributed by atoms with van der Waals surface area (Å²) >= 11 is 0. The average molecular weight is 248 g/mol. The van der Waals surface area contributed by atoms with E-state index in [1.54, 1.807) is 0 Å². The molecule has 0 aliphatic heterocycles. The Bertz CT molecular complexity index is 290. The molecule has 0 heterocycles. The lowest BCUT2D eigenvalue weighted by atomic mass is 9.99. The van der Waals surface area contributed by atoms with Gasteiger partial charge in [-0.2, -0.15) is 0 Å². The van der Waals surface area contributed by atoms with Crippen molar-refractivity contribution in [3.63, 3.8) is 0 Å². The van der Waals surface area contributed by atoms with E-state index in [2.05, 4.69) is 6.58 Å². The van der Waals surface area contributed by atoms with Crippen LogP contribution in [0.4, 0.5) is 0 Å². The molecule has 0 N–H and O–H groups in total. The van der Waals surface area contributed by atoms with E-state index in [-0.39, 0.29) is 17.9 Å². The van der Waals surface area contributed by atoms with Gasteiger partial charge in [-0.1, -0.05) is 12.5 Å². The fourth-order valence-electron chi connectivity index (χ4n) is 1.17. The third-order valence-corrected chi connectivity index (χ3v) is 4.27. The van der Waals surface area contributed by atoms with Gasteiger partial charge in [-0.05, 0) is 19.8 Å². The Balaban J connectivity index is 4.24. The summed E-state index contributed by atoms with van der Waals surface area (Å²) < 4.78 is 21.2. The topological polar surface area (TPSA) is 52.6 Å². The van der Waals surface area contributed by atoms with Crippen molar-refractivity contribution < 1.29 is 18.4 Å². The van der Waals surface area contributed by atoms with Gasteiger partial charge in [0.25, 0.3) is 0 Å². The van der Waals surface area contributed by atoms with Gasteiger partial charge < -0.3 is 9.05 Å². The lowest BCUT2D eigenvalue weighted by molar-refractivity contribution is -0.120. The summed E-state index contributed by atoms with van der Waals surface area (Å²) in [5.74, 6) is -0.233. The minimum Gasteiger partial charge on any atom is -0.312 e. The molecule has 0 saturated carbocycles. The number of ketones is 1. The van der Waals surface area contributed by atoms with Crippen LogP contribution in [-0.2, 0) is 18.4 Å². The van der Waals surface area contributed by atoms with Crippen LogP contribution in [0, 0.1) is 5.92 Å². The second kappa shape index (κ2) is 7.00.